The number of urea groups is 1. The first-order valence-electron chi connectivity index (χ1n) is 10.5. The molecule has 2 aliphatic rings. The number of ether oxygens (including phenoxy) is 1. The Labute approximate surface area is 188 Å². The van der Waals surface area contributed by atoms with Gasteiger partial charge in [-0.25, -0.2) is 14.8 Å². The number of nitrogens with zero attached hydrogens (tertiary/aromatic N) is 5. The minimum Gasteiger partial charge on any atom is -0.497 e. The fraction of sp³-hybridized carbons (Fsp3) is 0.478. The highest BCUT2D eigenvalue weighted by Crippen LogP contribution is 2.46. The first-order chi connectivity index (χ1) is 15.3. The van der Waals surface area contributed by atoms with Gasteiger partial charge in [-0.3, -0.25) is 4.79 Å². The highest BCUT2D eigenvalue weighted by Gasteiger charge is 2.50. The summed E-state index contributed by atoms with van der Waals surface area (Å²) >= 11 is 0. The number of amides is 2. The van der Waals surface area contributed by atoms with E-state index < -0.39 is 0 Å². The number of carboxylic acid groups (broad SMARTS) is 1. The molecule has 9 heteroatoms. The van der Waals surface area contributed by atoms with Gasteiger partial charge in [-0.05, 0) is 31.5 Å². The van der Waals surface area contributed by atoms with Crippen LogP contribution in [0.1, 0.15) is 22.9 Å². The van der Waals surface area contributed by atoms with Crippen LogP contribution < -0.4 is 9.64 Å². The molecule has 2 aliphatic heterocycles. The lowest BCUT2D eigenvalue weighted by atomic mass is 9.89. The van der Waals surface area contributed by atoms with Gasteiger partial charge in [0.05, 0.1) is 13.2 Å². The number of likely N-dealkylation sites (tertiary alicyclic amines) is 1. The van der Waals surface area contributed by atoms with Crippen LogP contribution in [0, 0.1) is 25.7 Å². The molecule has 1 aromatic carbocycles. The van der Waals surface area contributed by atoms with Crippen LogP contribution in [0.25, 0.3) is 0 Å². The average Bonchev–Trinajstić information content (AvgIpc) is 3.33. The molecule has 0 saturated carbocycles. The molecule has 172 valence electrons. The third-order valence-corrected chi connectivity index (χ3v) is 6.36. The molecular formula is C23H31N5O4. The topological polar surface area (TPSA) is 99.1 Å². The summed E-state index contributed by atoms with van der Waals surface area (Å²) in [6, 6.07) is 8.25. The van der Waals surface area contributed by atoms with Crippen molar-refractivity contribution in [2.24, 2.45) is 11.8 Å². The van der Waals surface area contributed by atoms with E-state index in [1.54, 1.807) is 18.3 Å². The number of methoxy groups -OCH3 is 1. The van der Waals surface area contributed by atoms with Crippen molar-refractivity contribution in [3.63, 3.8) is 0 Å². The number of fused-ring (bicyclic) bond motifs is 1. The molecule has 1 aromatic heterocycles. The second-order valence-electron chi connectivity index (χ2n) is 8.39. The van der Waals surface area contributed by atoms with Gasteiger partial charge >= 0.3 is 6.03 Å². The van der Waals surface area contributed by atoms with Crippen LogP contribution in [-0.4, -0.2) is 78.2 Å². The van der Waals surface area contributed by atoms with E-state index in [9.17, 15) is 4.79 Å². The van der Waals surface area contributed by atoms with Crippen LogP contribution in [0.3, 0.4) is 0 Å². The summed E-state index contributed by atoms with van der Waals surface area (Å²) in [5, 5.41) is 6.89. The van der Waals surface area contributed by atoms with Gasteiger partial charge < -0.3 is 24.5 Å². The number of carbonyl (C=O) groups excluding carboxylic acids is 1. The summed E-state index contributed by atoms with van der Waals surface area (Å²) in [6.45, 7) is 6.41. The van der Waals surface area contributed by atoms with E-state index in [1.807, 2.05) is 38.1 Å². The number of carbonyl (C=O) groups is 2. The van der Waals surface area contributed by atoms with Crippen molar-refractivity contribution in [2.45, 2.75) is 19.9 Å². The molecule has 3 atom stereocenters. The van der Waals surface area contributed by atoms with E-state index in [0.29, 0.717) is 11.8 Å². The van der Waals surface area contributed by atoms with Gasteiger partial charge in [0.2, 0.25) is 0 Å². The largest absolute Gasteiger partial charge is 0.497 e. The maximum absolute atomic E-state index is 12.9. The molecular weight excluding hydrogens is 410 g/mol. The van der Waals surface area contributed by atoms with E-state index in [4.69, 9.17) is 14.6 Å². The van der Waals surface area contributed by atoms with Gasteiger partial charge in [0.15, 0.2) is 0 Å². The van der Waals surface area contributed by atoms with Crippen LogP contribution in [0.4, 0.5) is 10.6 Å². The summed E-state index contributed by atoms with van der Waals surface area (Å²) in [6.07, 6.45) is 1.65. The van der Waals surface area contributed by atoms with Gasteiger partial charge in [-0.15, -0.1) is 0 Å². The Morgan fingerprint density at radius 1 is 1.16 bits per heavy atom. The number of aromatic nitrogens is 2. The van der Waals surface area contributed by atoms with Crippen LogP contribution in [0.5, 0.6) is 5.75 Å². The molecule has 32 heavy (non-hydrogen) atoms. The van der Waals surface area contributed by atoms with Crippen molar-refractivity contribution in [1.29, 1.82) is 0 Å². The van der Waals surface area contributed by atoms with Gasteiger partial charge in [0.1, 0.15) is 17.9 Å². The van der Waals surface area contributed by atoms with Crippen LogP contribution >= 0.6 is 0 Å². The van der Waals surface area contributed by atoms with Crippen molar-refractivity contribution in [2.75, 3.05) is 45.7 Å². The zero-order valence-electron chi connectivity index (χ0n) is 19.2. The molecule has 0 aliphatic carbocycles. The minimum atomic E-state index is -0.250. The molecule has 3 heterocycles. The third kappa shape index (κ3) is 4.46. The predicted octanol–water partition coefficient (Wildman–Crippen LogP) is 2.59. The molecule has 9 nitrogen and oxygen atoms in total. The van der Waals surface area contributed by atoms with Crippen molar-refractivity contribution in [3.8, 4) is 5.75 Å². The maximum Gasteiger partial charge on any atom is 0.320 e. The molecule has 2 saturated heterocycles. The molecule has 0 spiro atoms. The third-order valence-electron chi connectivity index (χ3n) is 6.36. The number of anilines is 1. The maximum atomic E-state index is 12.9. The van der Waals surface area contributed by atoms with Crippen LogP contribution in [-0.2, 0) is 4.79 Å². The van der Waals surface area contributed by atoms with E-state index in [0.717, 1.165) is 48.0 Å². The number of hydrogen-bond acceptors (Lipinski definition) is 6. The zero-order valence-corrected chi connectivity index (χ0v) is 19.2. The zero-order chi connectivity index (χ0) is 23.4. The Morgan fingerprint density at radius 2 is 1.81 bits per heavy atom. The first kappa shape index (κ1) is 23.3. The summed E-state index contributed by atoms with van der Waals surface area (Å²) in [7, 11) is 5.31. The average molecular weight is 442 g/mol. The molecule has 0 radical (unpaired) electrons. The monoisotopic (exact) mass is 441 g/mol. The molecule has 2 fully saturated rings. The van der Waals surface area contributed by atoms with E-state index >= 15 is 0 Å². The molecule has 1 N–H and O–H groups in total. The molecule has 2 amide bonds. The molecule has 4 rings (SSSR count). The number of benzene rings is 1. The highest BCUT2D eigenvalue weighted by molar-refractivity contribution is 5.75. The van der Waals surface area contributed by atoms with Gasteiger partial charge in [0, 0.05) is 56.8 Å². The van der Waals surface area contributed by atoms with Gasteiger partial charge in [-0.1, -0.05) is 12.1 Å². The Bertz CT molecular complexity index is 950. The number of hydrogen-bond donors (Lipinski definition) is 1. The fourth-order valence-corrected chi connectivity index (χ4v) is 4.74. The Kier molecular flexibility index (Phi) is 7.17. The highest BCUT2D eigenvalue weighted by atomic mass is 16.5. The van der Waals surface area contributed by atoms with Crippen LogP contribution in [0.15, 0.2) is 30.6 Å². The van der Waals surface area contributed by atoms with Gasteiger partial charge in [0.25, 0.3) is 6.47 Å². The predicted molar refractivity (Wildman–Crippen MR) is 121 cm³/mol. The standard InChI is InChI=1S/C22H29N5O2.CH2O2/c1-14-15(2)23-13-24-21(14)26-10-17-11-27(22(28)25(3)4)20(19(17)12-26)16-6-8-18(29-5)9-7-16;2-1-3/h6-9,13,17,19-20H,10-12H2,1-5H3;1H,(H,2,3)/t17-,19-,20+;/m1./s1. The fourth-order valence-electron chi connectivity index (χ4n) is 4.74. The Balaban J connectivity index is 0.000000913. The Morgan fingerprint density at radius 3 is 2.41 bits per heavy atom. The van der Waals surface area contributed by atoms with E-state index in [2.05, 4.69) is 33.9 Å². The van der Waals surface area contributed by atoms with Crippen molar-refractivity contribution >= 4 is 18.3 Å². The SMILES string of the molecule is COc1ccc([C@H]2[C@@H]3CN(c4ncnc(C)c4C)C[C@@H]3CN2C(=O)N(C)C)cc1.O=CO. The van der Waals surface area contributed by atoms with Crippen LogP contribution in [0.2, 0.25) is 0 Å². The van der Waals surface area contributed by atoms with Crippen molar-refractivity contribution in [3.05, 3.63) is 47.4 Å². The summed E-state index contributed by atoms with van der Waals surface area (Å²) in [5.74, 6) is 2.63. The molecule has 2 aromatic rings. The lowest BCUT2D eigenvalue weighted by Crippen LogP contribution is -2.41. The summed E-state index contributed by atoms with van der Waals surface area (Å²) in [4.78, 5) is 36.2. The lowest BCUT2D eigenvalue weighted by molar-refractivity contribution is -0.122. The summed E-state index contributed by atoms with van der Waals surface area (Å²) in [5.41, 5.74) is 3.31. The van der Waals surface area contributed by atoms with E-state index in [1.165, 1.54) is 0 Å². The lowest BCUT2D eigenvalue weighted by Gasteiger charge is -2.32. The minimum absolute atomic E-state index is 0.0500. The second-order valence-corrected chi connectivity index (χ2v) is 8.39. The molecule has 0 bridgehead atoms. The smallest absolute Gasteiger partial charge is 0.320 e. The first-order valence-corrected chi connectivity index (χ1v) is 10.5. The summed E-state index contributed by atoms with van der Waals surface area (Å²) < 4.78 is 5.32. The van der Waals surface area contributed by atoms with Gasteiger partial charge in [-0.2, -0.15) is 0 Å². The Hall–Kier alpha value is -3.36. The quantitative estimate of drug-likeness (QED) is 0.731. The normalized spacial score (nSPS) is 21.5. The van der Waals surface area contributed by atoms with E-state index in [-0.39, 0.29) is 18.5 Å². The molecule has 0 unspecified atom stereocenters. The number of rotatable bonds is 3. The van der Waals surface area contributed by atoms with Crippen molar-refractivity contribution < 1.29 is 19.4 Å². The van der Waals surface area contributed by atoms with Crippen molar-refractivity contribution in [1.82, 2.24) is 19.8 Å². The number of aryl methyl sites for hydroxylation is 1. The second kappa shape index (κ2) is 9.84.